The van der Waals surface area contributed by atoms with Gasteiger partial charge < -0.3 is 15.0 Å². The molecule has 34 heavy (non-hydrogen) atoms. The lowest BCUT2D eigenvalue weighted by Gasteiger charge is -2.31. The third kappa shape index (κ3) is 7.39. The molecule has 0 spiro atoms. The van der Waals surface area contributed by atoms with Gasteiger partial charge in [-0.1, -0.05) is 60.2 Å². The number of rotatable bonds is 11. The van der Waals surface area contributed by atoms with Crippen molar-refractivity contribution in [3.8, 4) is 5.75 Å². The number of likely N-dealkylation sites (N-methyl/N-ethyl adjacent to an activating group) is 1. The zero-order valence-corrected chi connectivity index (χ0v) is 20.8. The quantitative estimate of drug-likeness (QED) is 0.401. The van der Waals surface area contributed by atoms with Crippen LogP contribution in [0.4, 0.5) is 0 Å². The fourth-order valence-electron chi connectivity index (χ4n) is 3.72. The van der Waals surface area contributed by atoms with Crippen molar-refractivity contribution in [1.29, 1.82) is 0 Å². The monoisotopic (exact) mass is 476 g/mol. The predicted octanol–water partition coefficient (Wildman–Crippen LogP) is 4.87. The number of benzene rings is 3. The minimum absolute atomic E-state index is 0.0491. The first-order valence-corrected chi connectivity index (χ1v) is 12.4. The van der Waals surface area contributed by atoms with E-state index in [-0.39, 0.29) is 11.8 Å². The molecule has 0 aliphatic rings. The maximum Gasteiger partial charge on any atom is 0.242 e. The molecule has 0 radical (unpaired) electrons. The number of hydrogen-bond donors (Lipinski definition) is 1. The summed E-state index contributed by atoms with van der Waals surface area (Å²) in [6.07, 6.45) is 0.784. The second-order valence-corrected chi connectivity index (χ2v) is 9.27. The van der Waals surface area contributed by atoms with Gasteiger partial charge in [0.2, 0.25) is 11.8 Å². The number of carbonyl (C=O) groups excluding carboxylic acids is 2. The summed E-state index contributed by atoms with van der Waals surface area (Å²) in [4.78, 5) is 29.3. The number of amides is 2. The fourth-order valence-corrected chi connectivity index (χ4v) is 4.56. The zero-order valence-electron chi connectivity index (χ0n) is 20.0. The van der Waals surface area contributed by atoms with Crippen LogP contribution < -0.4 is 10.1 Å². The van der Waals surface area contributed by atoms with Crippen molar-refractivity contribution in [2.24, 2.45) is 0 Å². The number of aryl methyl sites for hydroxylation is 1. The Morgan fingerprint density at radius 2 is 1.68 bits per heavy atom. The van der Waals surface area contributed by atoms with Crippen molar-refractivity contribution in [2.45, 2.75) is 37.2 Å². The largest absolute Gasteiger partial charge is 0.497 e. The molecular formula is C28H32N2O3S. The smallest absolute Gasteiger partial charge is 0.242 e. The van der Waals surface area contributed by atoms with Gasteiger partial charge in [-0.3, -0.25) is 9.59 Å². The van der Waals surface area contributed by atoms with Crippen LogP contribution in [0.3, 0.4) is 0 Å². The van der Waals surface area contributed by atoms with Gasteiger partial charge in [-0.15, -0.1) is 11.8 Å². The van der Waals surface area contributed by atoms with E-state index in [0.29, 0.717) is 25.1 Å². The van der Waals surface area contributed by atoms with E-state index in [4.69, 9.17) is 4.74 Å². The molecule has 1 atom stereocenters. The Morgan fingerprint density at radius 3 is 2.35 bits per heavy atom. The summed E-state index contributed by atoms with van der Waals surface area (Å²) in [6, 6.07) is 25.1. The van der Waals surface area contributed by atoms with E-state index in [1.165, 1.54) is 5.56 Å². The van der Waals surface area contributed by atoms with Gasteiger partial charge >= 0.3 is 0 Å². The molecule has 0 saturated carbocycles. The fraction of sp³-hybridized carbons (Fsp3) is 0.286. The van der Waals surface area contributed by atoms with Crippen LogP contribution in [0.25, 0.3) is 0 Å². The highest BCUT2D eigenvalue weighted by molar-refractivity contribution is 7.99. The number of ether oxygens (including phenoxy) is 1. The number of nitrogens with one attached hydrogen (secondary N) is 1. The summed E-state index contributed by atoms with van der Waals surface area (Å²) in [6.45, 7) is 2.39. The molecule has 3 aromatic carbocycles. The molecule has 6 heteroatoms. The van der Waals surface area contributed by atoms with Gasteiger partial charge in [0.05, 0.1) is 7.11 Å². The average Bonchev–Trinajstić information content (AvgIpc) is 2.87. The molecule has 0 aliphatic heterocycles. The van der Waals surface area contributed by atoms with Crippen LogP contribution in [0, 0.1) is 6.92 Å². The third-order valence-corrected chi connectivity index (χ3v) is 6.62. The summed E-state index contributed by atoms with van der Waals surface area (Å²) in [5.41, 5.74) is 3.13. The summed E-state index contributed by atoms with van der Waals surface area (Å²) in [7, 11) is 3.23. The lowest BCUT2D eigenvalue weighted by Crippen LogP contribution is -2.49. The van der Waals surface area contributed by atoms with Gasteiger partial charge in [-0.2, -0.15) is 0 Å². The van der Waals surface area contributed by atoms with Crippen molar-refractivity contribution >= 4 is 23.6 Å². The molecule has 0 fully saturated rings. The Balaban J connectivity index is 1.81. The lowest BCUT2D eigenvalue weighted by atomic mass is 10.0. The lowest BCUT2D eigenvalue weighted by molar-refractivity contribution is -0.140. The topological polar surface area (TPSA) is 58.6 Å². The highest BCUT2D eigenvalue weighted by Crippen LogP contribution is 2.22. The molecule has 0 heterocycles. The van der Waals surface area contributed by atoms with Gasteiger partial charge in [0.25, 0.3) is 0 Å². The van der Waals surface area contributed by atoms with E-state index >= 15 is 0 Å². The van der Waals surface area contributed by atoms with Gasteiger partial charge in [-0.05, 0) is 42.3 Å². The van der Waals surface area contributed by atoms with E-state index in [1.807, 2.05) is 54.6 Å². The molecule has 0 bridgehead atoms. The molecule has 3 rings (SSSR count). The van der Waals surface area contributed by atoms with Crippen molar-refractivity contribution in [3.63, 3.8) is 0 Å². The molecule has 0 saturated heterocycles. The average molecular weight is 477 g/mol. The molecule has 5 nitrogen and oxygen atoms in total. The molecular weight excluding hydrogens is 444 g/mol. The van der Waals surface area contributed by atoms with Crippen LogP contribution in [-0.2, 0) is 22.6 Å². The van der Waals surface area contributed by atoms with Crippen molar-refractivity contribution in [1.82, 2.24) is 10.2 Å². The second-order valence-electron chi connectivity index (χ2n) is 8.10. The molecule has 0 aliphatic carbocycles. The maximum atomic E-state index is 13.5. The van der Waals surface area contributed by atoms with Crippen LogP contribution in [0.5, 0.6) is 5.75 Å². The maximum absolute atomic E-state index is 13.5. The normalized spacial score (nSPS) is 11.5. The van der Waals surface area contributed by atoms with Gasteiger partial charge in [-0.25, -0.2) is 0 Å². The molecule has 0 unspecified atom stereocenters. The Bertz CT molecular complexity index is 1070. The minimum atomic E-state index is -0.615. The third-order valence-electron chi connectivity index (χ3n) is 5.61. The van der Waals surface area contributed by atoms with E-state index in [2.05, 4.69) is 36.5 Å². The first kappa shape index (κ1) is 25.4. The molecule has 1 N–H and O–H groups in total. The number of thioether (sulfide) groups is 1. The number of hydrogen-bond acceptors (Lipinski definition) is 4. The van der Waals surface area contributed by atoms with Crippen LogP contribution in [-0.4, -0.2) is 42.7 Å². The molecule has 0 aromatic heterocycles. The first-order chi connectivity index (χ1) is 16.5. The van der Waals surface area contributed by atoms with Crippen LogP contribution in [0.2, 0.25) is 0 Å². The van der Waals surface area contributed by atoms with Gasteiger partial charge in [0, 0.05) is 37.1 Å². The van der Waals surface area contributed by atoms with Crippen molar-refractivity contribution in [2.75, 3.05) is 19.9 Å². The molecule has 3 aromatic rings. The van der Waals surface area contributed by atoms with E-state index in [0.717, 1.165) is 21.8 Å². The van der Waals surface area contributed by atoms with Crippen LogP contribution in [0.1, 0.15) is 23.1 Å². The highest BCUT2D eigenvalue weighted by atomic mass is 32.2. The molecule has 2 amide bonds. The summed E-state index contributed by atoms with van der Waals surface area (Å²) < 4.78 is 5.36. The zero-order chi connectivity index (χ0) is 24.3. The second kappa shape index (κ2) is 12.8. The Kier molecular flexibility index (Phi) is 9.59. The van der Waals surface area contributed by atoms with Crippen molar-refractivity contribution in [3.05, 3.63) is 95.6 Å². The highest BCUT2D eigenvalue weighted by Gasteiger charge is 2.29. The Morgan fingerprint density at radius 1 is 0.971 bits per heavy atom. The SMILES string of the molecule is CNC(=O)[C@@H](Cc1ccccc1)N(Cc1cccc(OC)c1)C(=O)CCSc1ccc(C)cc1. The van der Waals surface area contributed by atoms with E-state index < -0.39 is 6.04 Å². The predicted molar refractivity (Wildman–Crippen MR) is 138 cm³/mol. The number of nitrogens with zero attached hydrogens (tertiary/aromatic N) is 1. The standard InChI is InChI=1S/C28H32N2O3S/c1-21-12-14-25(15-13-21)34-17-16-27(31)30(20-23-10-7-11-24(18-23)33-3)26(28(32)29-2)19-22-8-5-4-6-9-22/h4-15,18,26H,16-17,19-20H2,1-3H3,(H,29,32)/t26-/m1/s1. The van der Waals surface area contributed by atoms with Crippen LogP contribution in [0.15, 0.2) is 83.8 Å². The van der Waals surface area contributed by atoms with Crippen LogP contribution >= 0.6 is 11.8 Å². The van der Waals surface area contributed by atoms with E-state index in [9.17, 15) is 9.59 Å². The summed E-state index contributed by atoms with van der Waals surface area (Å²) in [5.74, 6) is 1.14. The molecule has 178 valence electrons. The summed E-state index contributed by atoms with van der Waals surface area (Å²) >= 11 is 1.65. The Hall–Kier alpha value is -3.25. The number of carbonyl (C=O) groups is 2. The van der Waals surface area contributed by atoms with E-state index in [1.54, 1.807) is 30.8 Å². The minimum Gasteiger partial charge on any atom is -0.497 e. The van der Waals surface area contributed by atoms with Gasteiger partial charge in [0.15, 0.2) is 0 Å². The van der Waals surface area contributed by atoms with Crippen molar-refractivity contribution < 1.29 is 14.3 Å². The van der Waals surface area contributed by atoms with Gasteiger partial charge in [0.1, 0.15) is 11.8 Å². The number of methoxy groups -OCH3 is 1. The Labute approximate surface area is 206 Å². The first-order valence-electron chi connectivity index (χ1n) is 11.4. The summed E-state index contributed by atoms with van der Waals surface area (Å²) in [5, 5.41) is 2.75.